The Morgan fingerprint density at radius 3 is 2.50 bits per heavy atom. The molecule has 0 aliphatic heterocycles. The molecule has 6 nitrogen and oxygen atoms in total. The van der Waals surface area contributed by atoms with E-state index in [1.165, 1.54) is 0 Å². The SMILES string of the molecule is CC(C)C(=O)Nc1ccc(Oc2nc(-c3ccncc3)nc3c2CCC3)cc1. The summed E-state index contributed by atoms with van der Waals surface area (Å²) in [5.41, 5.74) is 3.80. The van der Waals surface area contributed by atoms with Crippen LogP contribution in [0, 0.1) is 5.92 Å². The van der Waals surface area contributed by atoms with Gasteiger partial charge in [0.05, 0.1) is 5.69 Å². The number of hydrogen-bond acceptors (Lipinski definition) is 5. The molecule has 1 aromatic carbocycles. The van der Waals surface area contributed by atoms with Gasteiger partial charge < -0.3 is 10.1 Å². The van der Waals surface area contributed by atoms with E-state index in [0.717, 1.165) is 41.8 Å². The first kappa shape index (κ1) is 18.1. The van der Waals surface area contributed by atoms with Gasteiger partial charge in [-0.3, -0.25) is 9.78 Å². The van der Waals surface area contributed by atoms with E-state index < -0.39 is 0 Å². The monoisotopic (exact) mass is 374 g/mol. The first-order chi connectivity index (χ1) is 13.6. The maximum absolute atomic E-state index is 11.8. The van der Waals surface area contributed by atoms with Crippen LogP contribution in [0.4, 0.5) is 5.69 Å². The van der Waals surface area contributed by atoms with Crippen molar-refractivity contribution in [3.05, 3.63) is 60.0 Å². The van der Waals surface area contributed by atoms with Gasteiger partial charge in [0.2, 0.25) is 11.8 Å². The number of benzene rings is 1. The van der Waals surface area contributed by atoms with Crippen LogP contribution in [-0.4, -0.2) is 20.9 Å². The second-order valence-corrected chi connectivity index (χ2v) is 7.14. The Morgan fingerprint density at radius 1 is 1.04 bits per heavy atom. The van der Waals surface area contributed by atoms with Gasteiger partial charge >= 0.3 is 0 Å². The van der Waals surface area contributed by atoms with E-state index in [9.17, 15) is 4.79 Å². The molecule has 2 aromatic heterocycles. The van der Waals surface area contributed by atoms with E-state index in [0.29, 0.717) is 17.5 Å². The number of aromatic nitrogens is 3. The first-order valence-electron chi connectivity index (χ1n) is 9.49. The summed E-state index contributed by atoms with van der Waals surface area (Å²) >= 11 is 0. The van der Waals surface area contributed by atoms with Gasteiger partial charge in [0.15, 0.2) is 5.82 Å². The zero-order valence-corrected chi connectivity index (χ0v) is 16.0. The third-order valence-corrected chi connectivity index (χ3v) is 4.69. The molecule has 2 heterocycles. The summed E-state index contributed by atoms with van der Waals surface area (Å²) in [5, 5.41) is 2.88. The number of aryl methyl sites for hydroxylation is 1. The summed E-state index contributed by atoms with van der Waals surface area (Å²) in [4.78, 5) is 25.3. The molecule has 6 heteroatoms. The fourth-order valence-corrected chi connectivity index (χ4v) is 3.12. The average molecular weight is 374 g/mol. The second kappa shape index (κ2) is 7.76. The van der Waals surface area contributed by atoms with Crippen LogP contribution in [0.15, 0.2) is 48.8 Å². The Morgan fingerprint density at radius 2 is 1.79 bits per heavy atom. The highest BCUT2D eigenvalue weighted by Gasteiger charge is 2.21. The van der Waals surface area contributed by atoms with Crippen LogP contribution >= 0.6 is 0 Å². The van der Waals surface area contributed by atoms with Gasteiger partial charge in [0.25, 0.3) is 0 Å². The molecule has 0 spiro atoms. The van der Waals surface area contributed by atoms with Gasteiger partial charge in [-0.1, -0.05) is 13.8 Å². The summed E-state index contributed by atoms with van der Waals surface area (Å²) in [6, 6.07) is 11.1. The van der Waals surface area contributed by atoms with Crippen molar-refractivity contribution in [3.8, 4) is 23.0 Å². The number of pyridine rings is 1. The molecule has 28 heavy (non-hydrogen) atoms. The van der Waals surface area contributed by atoms with Crippen molar-refractivity contribution in [1.82, 2.24) is 15.0 Å². The number of carbonyl (C=O) groups excluding carboxylic acids is 1. The highest BCUT2D eigenvalue weighted by atomic mass is 16.5. The largest absolute Gasteiger partial charge is 0.439 e. The van der Waals surface area contributed by atoms with Gasteiger partial charge in [-0.25, -0.2) is 4.98 Å². The lowest BCUT2D eigenvalue weighted by molar-refractivity contribution is -0.118. The normalized spacial score (nSPS) is 12.7. The predicted molar refractivity (Wildman–Crippen MR) is 107 cm³/mol. The molecule has 1 aliphatic carbocycles. The molecule has 1 N–H and O–H groups in total. The van der Waals surface area contributed by atoms with Crippen molar-refractivity contribution in [2.24, 2.45) is 5.92 Å². The first-order valence-corrected chi connectivity index (χ1v) is 9.49. The molecule has 0 fully saturated rings. The standard InChI is InChI=1S/C22H22N4O2/c1-14(2)21(27)24-16-6-8-17(9-7-16)28-22-18-4-3-5-19(18)25-20(26-22)15-10-12-23-13-11-15/h6-14H,3-5H2,1-2H3,(H,24,27). The molecule has 3 aromatic rings. The van der Waals surface area contributed by atoms with Crippen LogP contribution < -0.4 is 10.1 Å². The topological polar surface area (TPSA) is 77.0 Å². The van der Waals surface area contributed by atoms with Crippen molar-refractivity contribution in [1.29, 1.82) is 0 Å². The number of nitrogens with one attached hydrogen (secondary N) is 1. The van der Waals surface area contributed by atoms with Gasteiger partial charge in [0.1, 0.15) is 5.75 Å². The summed E-state index contributed by atoms with van der Waals surface area (Å²) in [6.45, 7) is 3.73. The summed E-state index contributed by atoms with van der Waals surface area (Å²) in [6.07, 6.45) is 6.38. The summed E-state index contributed by atoms with van der Waals surface area (Å²) in [7, 11) is 0. The fourth-order valence-electron chi connectivity index (χ4n) is 3.12. The third-order valence-electron chi connectivity index (χ3n) is 4.69. The Labute approximate surface area is 164 Å². The zero-order chi connectivity index (χ0) is 19.5. The number of hydrogen-bond donors (Lipinski definition) is 1. The molecule has 0 saturated carbocycles. The maximum Gasteiger partial charge on any atom is 0.226 e. The predicted octanol–water partition coefficient (Wildman–Crippen LogP) is 4.41. The molecular weight excluding hydrogens is 352 g/mol. The molecule has 0 radical (unpaired) electrons. The van der Waals surface area contributed by atoms with Crippen molar-refractivity contribution in [3.63, 3.8) is 0 Å². The van der Waals surface area contributed by atoms with Crippen molar-refractivity contribution < 1.29 is 9.53 Å². The maximum atomic E-state index is 11.8. The lowest BCUT2D eigenvalue weighted by Crippen LogP contribution is -2.17. The van der Waals surface area contributed by atoms with Crippen LogP contribution in [0.5, 0.6) is 11.6 Å². The quantitative estimate of drug-likeness (QED) is 0.716. The van der Waals surface area contributed by atoms with Crippen LogP contribution in [0.3, 0.4) is 0 Å². The Bertz CT molecular complexity index is 985. The average Bonchev–Trinajstić information content (AvgIpc) is 3.19. The number of amides is 1. The molecule has 1 aliphatic rings. The minimum atomic E-state index is -0.0638. The van der Waals surface area contributed by atoms with Gasteiger partial charge in [-0.05, 0) is 55.7 Å². The van der Waals surface area contributed by atoms with Crippen LogP contribution in [0.1, 0.15) is 31.5 Å². The fraction of sp³-hybridized carbons (Fsp3) is 0.273. The Balaban J connectivity index is 1.59. The number of ether oxygens (including phenoxy) is 1. The second-order valence-electron chi connectivity index (χ2n) is 7.14. The van der Waals surface area contributed by atoms with E-state index in [2.05, 4.69) is 15.3 Å². The zero-order valence-electron chi connectivity index (χ0n) is 16.0. The number of nitrogens with zero attached hydrogens (tertiary/aromatic N) is 3. The lowest BCUT2D eigenvalue weighted by atomic mass is 10.2. The third kappa shape index (κ3) is 3.86. The van der Waals surface area contributed by atoms with E-state index in [-0.39, 0.29) is 11.8 Å². The van der Waals surface area contributed by atoms with Gasteiger partial charge in [-0.2, -0.15) is 4.98 Å². The number of carbonyl (C=O) groups is 1. The molecule has 1 amide bonds. The number of rotatable bonds is 5. The van der Waals surface area contributed by atoms with Crippen LogP contribution in [0.25, 0.3) is 11.4 Å². The number of anilines is 1. The van der Waals surface area contributed by atoms with E-state index in [4.69, 9.17) is 9.72 Å². The van der Waals surface area contributed by atoms with Crippen LogP contribution in [-0.2, 0) is 17.6 Å². The van der Waals surface area contributed by atoms with Crippen molar-refractivity contribution in [2.75, 3.05) is 5.32 Å². The summed E-state index contributed by atoms with van der Waals surface area (Å²) in [5.74, 6) is 1.86. The van der Waals surface area contributed by atoms with E-state index in [1.54, 1.807) is 12.4 Å². The van der Waals surface area contributed by atoms with E-state index in [1.807, 2.05) is 50.2 Å². The van der Waals surface area contributed by atoms with E-state index >= 15 is 0 Å². The Hall–Kier alpha value is -3.28. The van der Waals surface area contributed by atoms with Gasteiger partial charge in [0, 0.05) is 35.1 Å². The van der Waals surface area contributed by atoms with Crippen molar-refractivity contribution in [2.45, 2.75) is 33.1 Å². The molecule has 0 unspecified atom stereocenters. The minimum absolute atomic E-state index is 0.00992. The van der Waals surface area contributed by atoms with Crippen LogP contribution in [0.2, 0.25) is 0 Å². The minimum Gasteiger partial charge on any atom is -0.439 e. The highest BCUT2D eigenvalue weighted by molar-refractivity contribution is 5.92. The summed E-state index contributed by atoms with van der Waals surface area (Å²) < 4.78 is 6.11. The van der Waals surface area contributed by atoms with Gasteiger partial charge in [-0.15, -0.1) is 0 Å². The van der Waals surface area contributed by atoms with Crippen molar-refractivity contribution >= 4 is 11.6 Å². The molecule has 4 rings (SSSR count). The highest BCUT2D eigenvalue weighted by Crippen LogP contribution is 2.33. The molecule has 0 bridgehead atoms. The molecule has 0 atom stereocenters. The molecule has 142 valence electrons. The molecular formula is C22H22N4O2. The smallest absolute Gasteiger partial charge is 0.226 e. The number of fused-ring (bicyclic) bond motifs is 1. The Kier molecular flexibility index (Phi) is 5.02. The lowest BCUT2D eigenvalue weighted by Gasteiger charge is -2.12. The molecule has 0 saturated heterocycles.